The number of hydrogen-bond donors (Lipinski definition) is 1. The fraction of sp³-hybridized carbons (Fsp3) is 0.800. The van der Waals surface area contributed by atoms with E-state index in [1.807, 2.05) is 13.8 Å². The average molecular weight is 201 g/mol. The number of nitrogens with one attached hydrogen (secondary N) is 1. The van der Waals surface area contributed by atoms with E-state index < -0.39 is 5.54 Å². The Kier molecular flexibility index (Phi) is 5.38. The Hall–Kier alpha value is -0.900. The van der Waals surface area contributed by atoms with E-state index in [0.29, 0.717) is 19.4 Å². The van der Waals surface area contributed by atoms with Crippen molar-refractivity contribution in [2.24, 2.45) is 0 Å². The maximum atomic E-state index is 11.3. The SMILES string of the molecule is COCCC(=O)NC(C)(C)CC(C)=O. The lowest BCUT2D eigenvalue weighted by molar-refractivity contribution is -0.124. The first-order valence-electron chi connectivity index (χ1n) is 4.67. The zero-order chi connectivity index (χ0) is 11.2. The highest BCUT2D eigenvalue weighted by atomic mass is 16.5. The Labute approximate surface area is 85.0 Å². The highest BCUT2D eigenvalue weighted by Crippen LogP contribution is 2.08. The molecule has 0 saturated heterocycles. The van der Waals surface area contributed by atoms with E-state index in [2.05, 4.69) is 5.32 Å². The summed E-state index contributed by atoms with van der Waals surface area (Å²) < 4.78 is 4.78. The fourth-order valence-corrected chi connectivity index (χ4v) is 1.30. The van der Waals surface area contributed by atoms with Crippen molar-refractivity contribution in [3.05, 3.63) is 0 Å². The summed E-state index contributed by atoms with van der Waals surface area (Å²) in [5.74, 6) is -0.0138. The molecular formula is C10H19NO3. The summed E-state index contributed by atoms with van der Waals surface area (Å²) in [6.45, 7) is 5.59. The first-order chi connectivity index (χ1) is 6.37. The van der Waals surface area contributed by atoms with Crippen molar-refractivity contribution in [1.82, 2.24) is 5.32 Å². The molecule has 0 aliphatic rings. The van der Waals surface area contributed by atoms with Gasteiger partial charge in [-0.2, -0.15) is 0 Å². The van der Waals surface area contributed by atoms with Gasteiger partial charge in [-0.25, -0.2) is 0 Å². The van der Waals surface area contributed by atoms with Gasteiger partial charge in [-0.3, -0.25) is 9.59 Å². The molecule has 0 bridgehead atoms. The van der Waals surface area contributed by atoms with Gasteiger partial charge in [-0.15, -0.1) is 0 Å². The van der Waals surface area contributed by atoms with Gasteiger partial charge in [0.1, 0.15) is 5.78 Å². The number of Topliss-reactive ketones (excluding diaryl/α,β-unsaturated/α-hetero) is 1. The van der Waals surface area contributed by atoms with Gasteiger partial charge in [0.15, 0.2) is 0 Å². The van der Waals surface area contributed by atoms with E-state index >= 15 is 0 Å². The van der Waals surface area contributed by atoms with Crippen molar-refractivity contribution in [2.75, 3.05) is 13.7 Å². The van der Waals surface area contributed by atoms with E-state index in [0.717, 1.165) is 0 Å². The fourth-order valence-electron chi connectivity index (χ4n) is 1.30. The molecule has 0 unspecified atom stereocenters. The normalized spacial score (nSPS) is 11.1. The van der Waals surface area contributed by atoms with Gasteiger partial charge in [-0.05, 0) is 20.8 Å². The maximum Gasteiger partial charge on any atom is 0.222 e. The number of carbonyl (C=O) groups excluding carboxylic acids is 2. The van der Waals surface area contributed by atoms with Crippen LogP contribution in [-0.2, 0) is 14.3 Å². The molecule has 1 N–H and O–H groups in total. The van der Waals surface area contributed by atoms with Gasteiger partial charge >= 0.3 is 0 Å². The molecule has 14 heavy (non-hydrogen) atoms. The maximum absolute atomic E-state index is 11.3. The van der Waals surface area contributed by atoms with Crippen LogP contribution in [0.2, 0.25) is 0 Å². The van der Waals surface area contributed by atoms with Crippen molar-refractivity contribution in [3.8, 4) is 0 Å². The molecule has 82 valence electrons. The quantitative estimate of drug-likeness (QED) is 0.694. The summed E-state index contributed by atoms with van der Waals surface area (Å²) in [5, 5.41) is 2.78. The molecule has 0 aliphatic heterocycles. The van der Waals surface area contributed by atoms with Crippen molar-refractivity contribution in [3.63, 3.8) is 0 Å². The second-order valence-electron chi connectivity index (χ2n) is 4.05. The lowest BCUT2D eigenvalue weighted by Gasteiger charge is -2.24. The molecule has 0 aromatic heterocycles. The highest BCUT2D eigenvalue weighted by Gasteiger charge is 2.21. The second kappa shape index (κ2) is 5.75. The van der Waals surface area contributed by atoms with Crippen LogP contribution in [0, 0.1) is 0 Å². The van der Waals surface area contributed by atoms with Crippen molar-refractivity contribution in [1.29, 1.82) is 0 Å². The number of amides is 1. The summed E-state index contributed by atoms with van der Waals surface area (Å²) in [4.78, 5) is 22.2. The Balaban J connectivity index is 3.95. The number of ketones is 1. The predicted molar refractivity (Wildman–Crippen MR) is 54.0 cm³/mol. The number of hydrogen-bond acceptors (Lipinski definition) is 3. The number of methoxy groups -OCH3 is 1. The molecule has 0 saturated carbocycles. The minimum atomic E-state index is -0.462. The van der Waals surface area contributed by atoms with Gasteiger partial charge in [0.05, 0.1) is 6.61 Å². The summed E-state index contributed by atoms with van der Waals surface area (Å²) in [5.41, 5.74) is -0.462. The zero-order valence-corrected chi connectivity index (χ0v) is 9.35. The van der Waals surface area contributed by atoms with Gasteiger partial charge in [0, 0.05) is 25.5 Å². The molecule has 0 heterocycles. The van der Waals surface area contributed by atoms with E-state index in [-0.39, 0.29) is 11.7 Å². The Morgan fingerprint density at radius 1 is 1.36 bits per heavy atom. The second-order valence-corrected chi connectivity index (χ2v) is 4.05. The van der Waals surface area contributed by atoms with Crippen LogP contribution in [0.3, 0.4) is 0 Å². The van der Waals surface area contributed by atoms with Gasteiger partial charge in [0.2, 0.25) is 5.91 Å². The van der Waals surface area contributed by atoms with E-state index in [4.69, 9.17) is 4.74 Å². The molecule has 4 heteroatoms. The minimum Gasteiger partial charge on any atom is -0.384 e. The summed E-state index contributed by atoms with van der Waals surface area (Å²) >= 11 is 0. The Morgan fingerprint density at radius 2 is 1.93 bits per heavy atom. The molecule has 0 atom stereocenters. The smallest absolute Gasteiger partial charge is 0.222 e. The van der Waals surface area contributed by atoms with E-state index in [1.54, 1.807) is 7.11 Å². The van der Waals surface area contributed by atoms with Crippen LogP contribution < -0.4 is 5.32 Å². The third-order valence-electron chi connectivity index (χ3n) is 1.70. The molecule has 0 spiro atoms. The van der Waals surface area contributed by atoms with Gasteiger partial charge < -0.3 is 10.1 Å². The van der Waals surface area contributed by atoms with Crippen LogP contribution in [0.5, 0.6) is 0 Å². The van der Waals surface area contributed by atoms with Gasteiger partial charge in [0.25, 0.3) is 0 Å². The lowest BCUT2D eigenvalue weighted by atomic mass is 9.98. The molecule has 0 aromatic rings. The number of ether oxygens (including phenoxy) is 1. The molecule has 0 aromatic carbocycles. The first-order valence-corrected chi connectivity index (χ1v) is 4.67. The van der Waals surface area contributed by atoms with Crippen LogP contribution in [0.25, 0.3) is 0 Å². The molecule has 0 rings (SSSR count). The average Bonchev–Trinajstić information content (AvgIpc) is 1.96. The largest absolute Gasteiger partial charge is 0.384 e. The van der Waals surface area contributed by atoms with Crippen LogP contribution in [0.15, 0.2) is 0 Å². The highest BCUT2D eigenvalue weighted by molar-refractivity contribution is 5.80. The monoisotopic (exact) mass is 201 g/mol. The Morgan fingerprint density at radius 3 is 2.36 bits per heavy atom. The van der Waals surface area contributed by atoms with Crippen LogP contribution in [-0.4, -0.2) is 30.9 Å². The molecule has 0 aliphatic carbocycles. The predicted octanol–water partition coefficient (Wildman–Crippen LogP) is 0.897. The zero-order valence-electron chi connectivity index (χ0n) is 9.35. The van der Waals surface area contributed by atoms with Crippen LogP contribution >= 0.6 is 0 Å². The minimum absolute atomic E-state index is 0.0713. The van der Waals surface area contributed by atoms with Crippen molar-refractivity contribution >= 4 is 11.7 Å². The molecule has 0 fully saturated rings. The summed E-state index contributed by atoms with van der Waals surface area (Å²) in [6, 6.07) is 0. The first kappa shape index (κ1) is 13.1. The topological polar surface area (TPSA) is 55.4 Å². The molecular weight excluding hydrogens is 182 g/mol. The van der Waals surface area contributed by atoms with Crippen molar-refractivity contribution in [2.45, 2.75) is 39.2 Å². The van der Waals surface area contributed by atoms with E-state index in [1.165, 1.54) is 6.92 Å². The molecule has 4 nitrogen and oxygen atoms in total. The van der Waals surface area contributed by atoms with Crippen LogP contribution in [0.1, 0.15) is 33.6 Å². The summed E-state index contributed by atoms with van der Waals surface area (Å²) in [7, 11) is 1.55. The molecule has 0 radical (unpaired) electrons. The molecule has 1 amide bonds. The standard InChI is InChI=1S/C10H19NO3/c1-8(12)7-10(2,3)11-9(13)5-6-14-4/h5-7H2,1-4H3,(H,11,13). The summed E-state index contributed by atoms with van der Waals surface area (Å²) in [6.07, 6.45) is 0.684. The third kappa shape index (κ3) is 6.60. The number of rotatable bonds is 6. The third-order valence-corrected chi connectivity index (χ3v) is 1.70. The van der Waals surface area contributed by atoms with E-state index in [9.17, 15) is 9.59 Å². The van der Waals surface area contributed by atoms with Gasteiger partial charge in [-0.1, -0.05) is 0 Å². The Bertz CT molecular complexity index is 211. The van der Waals surface area contributed by atoms with Crippen LogP contribution in [0.4, 0.5) is 0 Å². The van der Waals surface area contributed by atoms with Crippen molar-refractivity contribution < 1.29 is 14.3 Å². The number of carbonyl (C=O) groups is 2. The lowest BCUT2D eigenvalue weighted by Crippen LogP contribution is -2.44.